The number of halogens is 1. The third-order valence-electron chi connectivity index (χ3n) is 1.77. The van der Waals surface area contributed by atoms with Gasteiger partial charge in [0.2, 0.25) is 0 Å². The summed E-state index contributed by atoms with van der Waals surface area (Å²) in [6.45, 7) is 2.29. The summed E-state index contributed by atoms with van der Waals surface area (Å²) in [4.78, 5) is 19.7. The second-order valence-electron chi connectivity index (χ2n) is 2.87. The number of nitrogens with zero attached hydrogens (tertiary/aromatic N) is 1. The molecule has 1 fully saturated rings. The molecule has 1 aliphatic heterocycles. The largest absolute Gasteiger partial charge is 0.481 e. The molecule has 1 atom stereocenters. The van der Waals surface area contributed by atoms with E-state index in [1.54, 1.807) is 6.92 Å². The first-order chi connectivity index (χ1) is 6.49. The van der Waals surface area contributed by atoms with Gasteiger partial charge in [-0.05, 0) is 24.6 Å². The molecule has 14 heavy (non-hydrogen) atoms. The zero-order valence-corrected chi connectivity index (χ0v) is 8.70. The third kappa shape index (κ3) is 5.04. The minimum Gasteiger partial charge on any atom is -0.481 e. The van der Waals surface area contributed by atoms with Gasteiger partial charge in [0.1, 0.15) is 6.04 Å². The van der Waals surface area contributed by atoms with Crippen molar-refractivity contribution >= 4 is 23.7 Å². The monoisotopic (exact) mass is 223 g/mol. The first kappa shape index (κ1) is 13.2. The molecular weight excluding hydrogens is 210 g/mol. The summed E-state index contributed by atoms with van der Waals surface area (Å²) in [5, 5.41) is 16.2. The van der Waals surface area contributed by atoms with Crippen molar-refractivity contribution in [3.63, 3.8) is 0 Å². The van der Waals surface area contributed by atoms with E-state index in [4.69, 9.17) is 22.0 Å². The Hall–Kier alpha value is -0.810. The first-order valence-corrected chi connectivity index (χ1v) is 4.69. The Morgan fingerprint density at radius 1 is 1.50 bits per heavy atom. The zero-order chi connectivity index (χ0) is 11.1. The molecule has 0 bridgehead atoms. The van der Waals surface area contributed by atoms with E-state index >= 15 is 0 Å². The summed E-state index contributed by atoms with van der Waals surface area (Å²) in [5.41, 5.74) is 0. The normalized spacial score (nSPS) is 21.1. The van der Waals surface area contributed by atoms with Crippen LogP contribution in [0, 0.1) is 0 Å². The van der Waals surface area contributed by atoms with E-state index in [-0.39, 0.29) is 6.42 Å². The van der Waals surface area contributed by atoms with E-state index in [0.29, 0.717) is 13.0 Å². The van der Waals surface area contributed by atoms with Crippen LogP contribution in [0.5, 0.6) is 0 Å². The Morgan fingerprint density at radius 2 is 2.00 bits per heavy atom. The summed E-state index contributed by atoms with van der Waals surface area (Å²) in [5.74, 6) is -1.56. The molecule has 0 unspecified atom stereocenters. The van der Waals surface area contributed by atoms with Crippen molar-refractivity contribution in [2.45, 2.75) is 32.2 Å². The Kier molecular flexibility index (Phi) is 6.23. The first-order valence-electron chi connectivity index (χ1n) is 4.36. The smallest absolute Gasteiger partial charge is 0.322 e. The molecular formula is C8H14ClNO4. The molecule has 0 aromatic rings. The van der Waals surface area contributed by atoms with Crippen molar-refractivity contribution in [2.24, 2.45) is 0 Å². The van der Waals surface area contributed by atoms with Crippen LogP contribution < -0.4 is 0 Å². The van der Waals surface area contributed by atoms with Crippen LogP contribution in [0.1, 0.15) is 26.2 Å². The summed E-state index contributed by atoms with van der Waals surface area (Å²) < 4.78 is 1.35. The van der Waals surface area contributed by atoms with E-state index in [9.17, 15) is 9.59 Å². The van der Waals surface area contributed by atoms with Crippen LogP contribution >= 0.6 is 11.8 Å². The molecule has 0 aromatic carbocycles. The van der Waals surface area contributed by atoms with E-state index in [0.717, 1.165) is 6.42 Å². The number of hydrogen-bond acceptors (Lipinski definition) is 3. The average molecular weight is 224 g/mol. The highest BCUT2D eigenvalue weighted by Crippen LogP contribution is 2.18. The molecule has 82 valence electrons. The van der Waals surface area contributed by atoms with Crippen molar-refractivity contribution in [2.75, 3.05) is 6.54 Å². The lowest BCUT2D eigenvalue weighted by atomic mass is 10.2. The molecule has 1 heterocycles. The van der Waals surface area contributed by atoms with Gasteiger partial charge in [0, 0.05) is 13.0 Å². The van der Waals surface area contributed by atoms with Gasteiger partial charge in [-0.2, -0.15) is 0 Å². The van der Waals surface area contributed by atoms with Crippen LogP contribution in [0.4, 0.5) is 0 Å². The van der Waals surface area contributed by atoms with Crippen molar-refractivity contribution < 1.29 is 19.8 Å². The van der Waals surface area contributed by atoms with Gasteiger partial charge in [0.25, 0.3) is 0 Å². The molecule has 0 aliphatic carbocycles. The van der Waals surface area contributed by atoms with Crippen LogP contribution in [-0.4, -0.2) is 39.2 Å². The van der Waals surface area contributed by atoms with Crippen LogP contribution in [-0.2, 0) is 9.59 Å². The Labute approximate surface area is 87.4 Å². The highest BCUT2D eigenvalue weighted by atomic mass is 35.5. The Balaban J connectivity index is 0.000000292. The molecule has 1 aliphatic rings. The molecule has 0 saturated carbocycles. The molecule has 6 heteroatoms. The fourth-order valence-electron chi connectivity index (χ4n) is 0.975. The maximum absolute atomic E-state index is 10.3. The Morgan fingerprint density at radius 3 is 2.14 bits per heavy atom. The quantitative estimate of drug-likeness (QED) is 0.688. The van der Waals surface area contributed by atoms with Gasteiger partial charge in [-0.1, -0.05) is 6.92 Å². The van der Waals surface area contributed by atoms with Gasteiger partial charge in [0.15, 0.2) is 0 Å². The van der Waals surface area contributed by atoms with E-state index in [1.807, 2.05) is 0 Å². The minimum absolute atomic E-state index is 0.222. The topological polar surface area (TPSA) is 77.8 Å². The molecule has 0 radical (unpaired) electrons. The summed E-state index contributed by atoms with van der Waals surface area (Å²) in [6.07, 6.45) is 1.79. The fraction of sp³-hybridized carbons (Fsp3) is 0.750. The van der Waals surface area contributed by atoms with Gasteiger partial charge in [-0.15, -0.1) is 0 Å². The molecule has 0 aromatic heterocycles. The third-order valence-corrected chi connectivity index (χ3v) is 2.18. The number of rotatable bonds is 2. The summed E-state index contributed by atoms with van der Waals surface area (Å²) >= 11 is 5.53. The number of hydrogen-bond donors (Lipinski definition) is 2. The van der Waals surface area contributed by atoms with E-state index in [1.165, 1.54) is 4.42 Å². The van der Waals surface area contributed by atoms with Gasteiger partial charge in [0.05, 0.1) is 0 Å². The molecule has 0 spiro atoms. The SMILES string of the molecule is CCC(=O)O.O=C(O)[C@@H]1CCCN1Cl. The van der Waals surface area contributed by atoms with Gasteiger partial charge >= 0.3 is 11.9 Å². The van der Waals surface area contributed by atoms with Gasteiger partial charge < -0.3 is 10.2 Å². The van der Waals surface area contributed by atoms with Crippen LogP contribution in [0.3, 0.4) is 0 Å². The zero-order valence-electron chi connectivity index (χ0n) is 7.94. The van der Waals surface area contributed by atoms with Crippen molar-refractivity contribution in [1.29, 1.82) is 0 Å². The highest BCUT2D eigenvalue weighted by molar-refractivity contribution is 6.14. The summed E-state index contributed by atoms with van der Waals surface area (Å²) in [6, 6.07) is -0.452. The standard InChI is InChI=1S/C5H8ClNO2.C3H6O2/c6-7-3-1-2-4(7)5(8)9;1-2-3(4)5/h4H,1-3H2,(H,8,9);2H2,1H3,(H,4,5)/t4-;/m0./s1. The summed E-state index contributed by atoms with van der Waals surface area (Å²) in [7, 11) is 0. The van der Waals surface area contributed by atoms with E-state index in [2.05, 4.69) is 0 Å². The van der Waals surface area contributed by atoms with Crippen LogP contribution in [0.25, 0.3) is 0 Å². The molecule has 1 saturated heterocycles. The molecule has 1 rings (SSSR count). The maximum Gasteiger partial charge on any atom is 0.322 e. The van der Waals surface area contributed by atoms with Gasteiger partial charge in [-0.3, -0.25) is 9.59 Å². The van der Waals surface area contributed by atoms with Crippen LogP contribution in [0.15, 0.2) is 0 Å². The maximum atomic E-state index is 10.3. The van der Waals surface area contributed by atoms with Crippen molar-refractivity contribution in [1.82, 2.24) is 4.42 Å². The number of carbonyl (C=O) groups is 2. The highest BCUT2D eigenvalue weighted by Gasteiger charge is 2.28. The Bertz CT molecular complexity index is 210. The minimum atomic E-state index is -0.817. The lowest BCUT2D eigenvalue weighted by molar-refractivity contribution is -0.140. The molecule has 0 amide bonds. The predicted octanol–water partition coefficient (Wildman–Crippen LogP) is 1.17. The second kappa shape index (κ2) is 6.62. The predicted molar refractivity (Wildman–Crippen MR) is 51.1 cm³/mol. The van der Waals surface area contributed by atoms with E-state index < -0.39 is 18.0 Å². The average Bonchev–Trinajstić information content (AvgIpc) is 2.52. The van der Waals surface area contributed by atoms with Crippen LogP contribution in [0.2, 0.25) is 0 Å². The number of carboxylic acid groups (broad SMARTS) is 2. The fourth-order valence-corrected chi connectivity index (χ4v) is 1.28. The second-order valence-corrected chi connectivity index (χ2v) is 3.30. The number of aliphatic carboxylic acids is 2. The molecule has 2 N–H and O–H groups in total. The number of carboxylic acids is 2. The van der Waals surface area contributed by atoms with Crippen molar-refractivity contribution in [3.8, 4) is 0 Å². The lowest BCUT2D eigenvalue weighted by Crippen LogP contribution is -2.28. The molecule has 5 nitrogen and oxygen atoms in total. The van der Waals surface area contributed by atoms with Crippen molar-refractivity contribution in [3.05, 3.63) is 0 Å². The lowest BCUT2D eigenvalue weighted by Gasteiger charge is -2.09. The van der Waals surface area contributed by atoms with Gasteiger partial charge in [-0.25, -0.2) is 4.42 Å².